The number of rotatable bonds is 10. The zero-order valence-electron chi connectivity index (χ0n) is 28.3. The van der Waals surface area contributed by atoms with Crippen LogP contribution in [0, 0.1) is 0 Å². The number of aliphatic hydroxyl groups is 1. The quantitative estimate of drug-likeness (QED) is 0.171. The number of anilines is 1. The molecule has 2 N–H and O–H groups in total. The first-order chi connectivity index (χ1) is 24.2. The molecule has 4 aromatic rings. The number of hydrogen-bond acceptors (Lipinski definition) is 6. The highest BCUT2D eigenvalue weighted by atomic mass is 35.5. The largest absolute Gasteiger partial charge is 0.392 e. The van der Waals surface area contributed by atoms with Crippen molar-refractivity contribution in [3.63, 3.8) is 0 Å². The van der Waals surface area contributed by atoms with E-state index in [0.717, 1.165) is 56.6 Å². The third-order valence-electron chi connectivity index (χ3n) is 9.90. The maximum atomic E-state index is 15.6. The zero-order valence-corrected chi connectivity index (χ0v) is 29.8. The summed E-state index contributed by atoms with van der Waals surface area (Å²) in [6.45, 7) is 6.93. The van der Waals surface area contributed by atoms with Crippen LogP contribution in [-0.4, -0.2) is 63.1 Å². The molecule has 1 atom stereocenters. The summed E-state index contributed by atoms with van der Waals surface area (Å²) in [5, 5.41) is 13.4. The number of hydrogen-bond donors (Lipinski definition) is 2. The van der Waals surface area contributed by atoms with Crippen molar-refractivity contribution in [3.8, 4) is 11.1 Å². The molecule has 1 saturated heterocycles. The zero-order chi connectivity index (χ0) is 34.8. The standard InChI is InChI=1S/C40H42Cl2FN5O2/c1-25(49)22-48-16-13-27-18-36(44-20-29(27)23-48)34(43)17-28-7-5-8-31(38(28)41)32-9-6-10-35(39(32)42)46-40(50)37-19-33(26-11-12-26)30(21-45-37)24-47-14-3-2-4-15-47/h5-10,17-21,25-26,49H,2-4,11-16,22-24H2,1H3,(H,46,50)/b34-17-/t25-/m1/s1. The van der Waals surface area contributed by atoms with E-state index in [-0.39, 0.29) is 11.6 Å². The van der Waals surface area contributed by atoms with Gasteiger partial charge in [-0.05, 0) is 110 Å². The van der Waals surface area contributed by atoms with Crippen LogP contribution in [0.3, 0.4) is 0 Å². The molecule has 2 aliphatic heterocycles. The topological polar surface area (TPSA) is 81.6 Å². The Morgan fingerprint density at radius 1 is 0.960 bits per heavy atom. The van der Waals surface area contributed by atoms with Crippen molar-refractivity contribution in [2.75, 3.05) is 31.5 Å². The molecule has 0 spiro atoms. The molecule has 7 nitrogen and oxygen atoms in total. The first kappa shape index (κ1) is 34.8. The van der Waals surface area contributed by atoms with Crippen molar-refractivity contribution in [3.05, 3.63) is 110 Å². The molecule has 7 rings (SSSR count). The summed E-state index contributed by atoms with van der Waals surface area (Å²) in [7, 11) is 0. The number of pyridine rings is 2. The number of amides is 1. The number of nitrogens with zero attached hydrogens (tertiary/aromatic N) is 4. The SMILES string of the molecule is C[C@@H](O)CN1CCc2cc(/C(F)=C/c3cccc(-c4cccc(NC(=O)c5cc(C6CC6)c(CN6CCCCC6)cn5)c4Cl)c3Cl)ncc2C1. The van der Waals surface area contributed by atoms with Crippen molar-refractivity contribution in [1.82, 2.24) is 19.8 Å². The van der Waals surface area contributed by atoms with E-state index in [1.807, 2.05) is 24.4 Å². The lowest BCUT2D eigenvalue weighted by Gasteiger charge is -2.29. The Balaban J connectivity index is 1.09. The molecular formula is C40H42Cl2FN5O2. The molecule has 0 bridgehead atoms. The molecule has 3 aliphatic rings. The van der Waals surface area contributed by atoms with Crippen LogP contribution in [0.25, 0.3) is 23.0 Å². The Morgan fingerprint density at radius 3 is 2.46 bits per heavy atom. The Morgan fingerprint density at radius 2 is 1.70 bits per heavy atom. The van der Waals surface area contributed by atoms with E-state index in [2.05, 4.69) is 25.1 Å². The van der Waals surface area contributed by atoms with E-state index in [1.54, 1.807) is 43.5 Å². The Kier molecular flexibility index (Phi) is 10.6. The fourth-order valence-corrected chi connectivity index (χ4v) is 7.71. The molecule has 50 heavy (non-hydrogen) atoms. The van der Waals surface area contributed by atoms with Gasteiger partial charge in [0.15, 0.2) is 0 Å². The summed E-state index contributed by atoms with van der Waals surface area (Å²) in [4.78, 5) is 27.1. The van der Waals surface area contributed by atoms with Gasteiger partial charge in [-0.3, -0.25) is 24.6 Å². The second kappa shape index (κ2) is 15.3. The van der Waals surface area contributed by atoms with E-state index in [4.69, 9.17) is 23.2 Å². The molecule has 1 amide bonds. The van der Waals surface area contributed by atoms with E-state index in [0.29, 0.717) is 57.1 Å². The Labute approximate surface area is 303 Å². The van der Waals surface area contributed by atoms with E-state index >= 15 is 4.39 Å². The van der Waals surface area contributed by atoms with E-state index in [9.17, 15) is 9.90 Å². The maximum Gasteiger partial charge on any atom is 0.274 e. The van der Waals surface area contributed by atoms with Crippen LogP contribution in [-0.2, 0) is 19.5 Å². The minimum atomic E-state index is -0.495. The molecule has 2 fully saturated rings. The van der Waals surface area contributed by atoms with Crippen LogP contribution in [0.2, 0.25) is 10.0 Å². The van der Waals surface area contributed by atoms with Gasteiger partial charge in [0.1, 0.15) is 11.5 Å². The van der Waals surface area contributed by atoms with Crippen LogP contribution in [0.15, 0.2) is 60.9 Å². The summed E-state index contributed by atoms with van der Waals surface area (Å²) in [5.74, 6) is -0.334. The fraction of sp³-hybridized carbons (Fsp3) is 0.375. The molecule has 0 radical (unpaired) electrons. The van der Waals surface area contributed by atoms with Crippen molar-refractivity contribution < 1.29 is 14.3 Å². The number of nitrogens with one attached hydrogen (secondary N) is 1. The third kappa shape index (κ3) is 7.95. The predicted molar refractivity (Wildman–Crippen MR) is 199 cm³/mol. The van der Waals surface area contributed by atoms with Crippen molar-refractivity contribution >= 4 is 46.7 Å². The number of β-amino-alcohol motifs (C(OH)–C–C–N with tert-alkyl or cyclic N) is 1. The molecule has 260 valence electrons. The highest BCUT2D eigenvalue weighted by Crippen LogP contribution is 2.43. The number of aliphatic hydroxyl groups excluding tert-OH is 1. The highest BCUT2D eigenvalue weighted by molar-refractivity contribution is 6.39. The van der Waals surface area contributed by atoms with Crippen molar-refractivity contribution in [2.45, 2.75) is 70.6 Å². The summed E-state index contributed by atoms with van der Waals surface area (Å²) < 4.78 is 15.6. The van der Waals surface area contributed by atoms with Gasteiger partial charge in [-0.2, -0.15) is 0 Å². The Hall–Kier alpha value is -3.66. The van der Waals surface area contributed by atoms with Gasteiger partial charge in [-0.15, -0.1) is 0 Å². The minimum absolute atomic E-state index is 0.245. The number of carbonyl (C=O) groups excluding carboxylic acids is 1. The van der Waals surface area contributed by atoms with Gasteiger partial charge in [0.05, 0.1) is 27.5 Å². The second-order valence-electron chi connectivity index (χ2n) is 13.9. The summed E-state index contributed by atoms with van der Waals surface area (Å²) >= 11 is 13.8. The number of piperidine rings is 1. The van der Waals surface area contributed by atoms with Gasteiger partial charge >= 0.3 is 0 Å². The first-order valence-electron chi connectivity index (χ1n) is 17.6. The molecule has 10 heteroatoms. The molecule has 1 aliphatic carbocycles. The van der Waals surface area contributed by atoms with Gasteiger partial charge in [-0.1, -0.05) is 60.0 Å². The van der Waals surface area contributed by atoms with Crippen LogP contribution >= 0.6 is 23.2 Å². The number of carbonyl (C=O) groups is 1. The maximum absolute atomic E-state index is 15.6. The first-order valence-corrected chi connectivity index (χ1v) is 18.3. The lowest BCUT2D eigenvalue weighted by molar-refractivity contribution is 0.102. The molecule has 2 aromatic heterocycles. The van der Waals surface area contributed by atoms with Crippen LogP contribution in [0.5, 0.6) is 0 Å². The molecule has 2 aromatic carbocycles. The normalized spacial score (nSPS) is 17.7. The Bertz CT molecular complexity index is 1920. The van der Waals surface area contributed by atoms with Crippen LogP contribution in [0.1, 0.15) is 88.9 Å². The van der Waals surface area contributed by atoms with Gasteiger partial charge in [-0.25, -0.2) is 4.39 Å². The number of likely N-dealkylation sites (tertiary alicyclic amines) is 1. The van der Waals surface area contributed by atoms with Crippen LogP contribution in [0.4, 0.5) is 10.1 Å². The van der Waals surface area contributed by atoms with E-state index in [1.165, 1.54) is 36.5 Å². The number of halogens is 3. The fourth-order valence-electron chi connectivity index (χ4n) is 7.15. The lowest BCUT2D eigenvalue weighted by Crippen LogP contribution is -2.35. The predicted octanol–water partition coefficient (Wildman–Crippen LogP) is 8.77. The number of aromatic nitrogens is 2. The van der Waals surface area contributed by atoms with E-state index < -0.39 is 11.9 Å². The number of benzene rings is 2. The van der Waals surface area contributed by atoms with Gasteiger partial charge < -0.3 is 10.4 Å². The lowest BCUT2D eigenvalue weighted by atomic mass is 9.99. The minimum Gasteiger partial charge on any atom is -0.392 e. The van der Waals surface area contributed by atoms with Crippen molar-refractivity contribution in [1.29, 1.82) is 0 Å². The highest BCUT2D eigenvalue weighted by Gasteiger charge is 2.28. The third-order valence-corrected chi connectivity index (χ3v) is 10.7. The molecule has 0 unspecified atom stereocenters. The summed E-state index contributed by atoms with van der Waals surface area (Å²) in [5.41, 5.74) is 7.30. The molecule has 4 heterocycles. The van der Waals surface area contributed by atoms with Gasteiger partial charge in [0.25, 0.3) is 5.91 Å². The summed E-state index contributed by atoms with van der Waals surface area (Å²) in [6, 6.07) is 14.5. The average Bonchev–Trinajstić information content (AvgIpc) is 3.96. The van der Waals surface area contributed by atoms with Gasteiger partial charge in [0, 0.05) is 49.7 Å². The smallest absolute Gasteiger partial charge is 0.274 e. The second-order valence-corrected chi connectivity index (χ2v) is 14.6. The van der Waals surface area contributed by atoms with Crippen molar-refractivity contribution in [2.24, 2.45) is 0 Å². The monoisotopic (exact) mass is 713 g/mol. The van der Waals surface area contributed by atoms with Gasteiger partial charge in [0.2, 0.25) is 0 Å². The summed E-state index contributed by atoms with van der Waals surface area (Å²) in [6.07, 6.45) is 11.4. The average molecular weight is 715 g/mol. The molecule has 1 saturated carbocycles. The van der Waals surface area contributed by atoms with Crippen LogP contribution < -0.4 is 5.32 Å². The number of fused-ring (bicyclic) bond motifs is 1. The molecular weight excluding hydrogens is 672 g/mol.